The molecule has 2 fully saturated rings. The van der Waals surface area contributed by atoms with Crippen molar-refractivity contribution in [1.29, 1.82) is 0 Å². The van der Waals surface area contributed by atoms with E-state index < -0.39 is 10.0 Å². The Hall–Kier alpha value is -0.170. The Bertz CT molecular complexity index is 403. The maximum absolute atomic E-state index is 12.3. The van der Waals surface area contributed by atoms with Gasteiger partial charge in [-0.05, 0) is 18.3 Å². The van der Waals surface area contributed by atoms with Crippen LogP contribution >= 0.6 is 0 Å². The summed E-state index contributed by atoms with van der Waals surface area (Å²) in [4.78, 5) is 2.22. The number of hydrogen-bond acceptors (Lipinski definition) is 4. The van der Waals surface area contributed by atoms with Crippen molar-refractivity contribution in [3.05, 3.63) is 0 Å². The van der Waals surface area contributed by atoms with Gasteiger partial charge in [0.05, 0.1) is 5.75 Å². The van der Waals surface area contributed by atoms with Crippen LogP contribution in [-0.4, -0.2) is 57.8 Å². The molecule has 0 aromatic rings. The lowest BCUT2D eigenvalue weighted by molar-refractivity contribution is 0.188. The summed E-state index contributed by atoms with van der Waals surface area (Å²) in [7, 11) is -3.16. The third-order valence-corrected chi connectivity index (χ3v) is 6.08. The van der Waals surface area contributed by atoms with Crippen LogP contribution in [0, 0.1) is 5.41 Å². The Balaban J connectivity index is 1.83. The first-order chi connectivity index (χ1) is 9.39. The maximum Gasteiger partial charge on any atom is 0.213 e. The van der Waals surface area contributed by atoms with E-state index in [4.69, 9.17) is 0 Å². The highest BCUT2D eigenvalue weighted by Gasteiger charge is 2.34. The Kier molecular flexibility index (Phi) is 5.45. The summed E-state index contributed by atoms with van der Waals surface area (Å²) in [6.45, 7) is 8.82. The van der Waals surface area contributed by atoms with Crippen molar-refractivity contribution >= 4 is 10.0 Å². The number of sulfonamides is 1. The van der Waals surface area contributed by atoms with Crippen LogP contribution in [0.5, 0.6) is 0 Å². The SMILES string of the molecule is CC1(C)CCCCC1NS(=O)(=O)CCN1CCNCC1. The predicted octanol–water partition coefficient (Wildman–Crippen LogP) is 0.780. The molecule has 1 saturated carbocycles. The molecule has 2 aliphatic rings. The average Bonchev–Trinajstić information content (AvgIpc) is 2.40. The van der Waals surface area contributed by atoms with Crippen LogP contribution in [0.1, 0.15) is 39.5 Å². The van der Waals surface area contributed by atoms with Crippen molar-refractivity contribution in [2.45, 2.75) is 45.6 Å². The molecular formula is C14H29N3O2S. The molecule has 0 spiro atoms. The fourth-order valence-electron chi connectivity index (χ4n) is 3.17. The van der Waals surface area contributed by atoms with Crippen LogP contribution in [0.15, 0.2) is 0 Å². The Morgan fingerprint density at radius 1 is 1.25 bits per heavy atom. The summed E-state index contributed by atoms with van der Waals surface area (Å²) < 4.78 is 27.5. The third kappa shape index (κ3) is 4.69. The molecule has 0 radical (unpaired) electrons. The molecule has 5 nitrogen and oxygen atoms in total. The van der Waals surface area contributed by atoms with E-state index in [2.05, 4.69) is 28.8 Å². The van der Waals surface area contributed by atoms with E-state index in [0.717, 1.165) is 45.4 Å². The van der Waals surface area contributed by atoms with Crippen molar-refractivity contribution in [3.8, 4) is 0 Å². The van der Waals surface area contributed by atoms with Gasteiger partial charge in [0.1, 0.15) is 0 Å². The third-order valence-electron chi connectivity index (χ3n) is 4.71. The number of nitrogens with one attached hydrogen (secondary N) is 2. The first-order valence-electron chi connectivity index (χ1n) is 7.82. The molecule has 118 valence electrons. The first kappa shape index (κ1) is 16.2. The minimum Gasteiger partial charge on any atom is -0.314 e. The summed E-state index contributed by atoms with van der Waals surface area (Å²) in [5.41, 5.74) is 0.0837. The summed E-state index contributed by atoms with van der Waals surface area (Å²) in [5, 5.41) is 3.28. The van der Waals surface area contributed by atoms with E-state index in [-0.39, 0.29) is 17.2 Å². The summed E-state index contributed by atoms with van der Waals surface area (Å²) in [6.07, 6.45) is 4.43. The molecule has 0 aromatic carbocycles. The van der Waals surface area contributed by atoms with Gasteiger partial charge in [-0.1, -0.05) is 26.7 Å². The van der Waals surface area contributed by atoms with Crippen molar-refractivity contribution in [2.24, 2.45) is 5.41 Å². The van der Waals surface area contributed by atoms with Gasteiger partial charge in [-0.2, -0.15) is 0 Å². The van der Waals surface area contributed by atoms with Gasteiger partial charge in [-0.25, -0.2) is 13.1 Å². The van der Waals surface area contributed by atoms with Crippen molar-refractivity contribution < 1.29 is 8.42 Å². The summed E-state index contributed by atoms with van der Waals surface area (Å²) >= 11 is 0. The van der Waals surface area contributed by atoms with E-state index in [1.807, 2.05) is 0 Å². The summed E-state index contributed by atoms with van der Waals surface area (Å²) in [5.74, 6) is 0.222. The fourth-order valence-corrected chi connectivity index (χ4v) is 4.66. The molecule has 1 saturated heterocycles. The highest BCUT2D eigenvalue weighted by atomic mass is 32.2. The highest BCUT2D eigenvalue weighted by Crippen LogP contribution is 2.35. The topological polar surface area (TPSA) is 61.4 Å². The van der Waals surface area contributed by atoms with E-state index >= 15 is 0 Å². The van der Waals surface area contributed by atoms with Gasteiger partial charge < -0.3 is 5.32 Å². The van der Waals surface area contributed by atoms with Gasteiger partial charge in [0, 0.05) is 38.8 Å². The first-order valence-corrected chi connectivity index (χ1v) is 9.47. The Morgan fingerprint density at radius 3 is 2.60 bits per heavy atom. The average molecular weight is 303 g/mol. The normalized spacial score (nSPS) is 28.4. The minimum absolute atomic E-state index is 0.0837. The monoisotopic (exact) mass is 303 g/mol. The molecule has 0 aromatic heterocycles. The van der Waals surface area contributed by atoms with Gasteiger partial charge in [0.2, 0.25) is 10.0 Å². The van der Waals surface area contributed by atoms with Crippen LogP contribution < -0.4 is 10.0 Å². The predicted molar refractivity (Wildman–Crippen MR) is 82.3 cm³/mol. The van der Waals surface area contributed by atoms with Gasteiger partial charge in [0.25, 0.3) is 0 Å². The molecule has 0 bridgehead atoms. The zero-order chi connectivity index (χ0) is 14.6. The summed E-state index contributed by atoms with van der Waals surface area (Å²) in [6, 6.07) is 0.101. The van der Waals surface area contributed by atoms with Crippen LogP contribution in [0.4, 0.5) is 0 Å². The van der Waals surface area contributed by atoms with Gasteiger partial charge in [-0.15, -0.1) is 0 Å². The van der Waals surface area contributed by atoms with Gasteiger partial charge >= 0.3 is 0 Å². The quantitative estimate of drug-likeness (QED) is 0.788. The van der Waals surface area contributed by atoms with Crippen LogP contribution in [0.25, 0.3) is 0 Å². The number of piperazine rings is 1. The molecule has 1 aliphatic carbocycles. The second-order valence-corrected chi connectivity index (χ2v) is 8.69. The molecular weight excluding hydrogens is 274 g/mol. The molecule has 20 heavy (non-hydrogen) atoms. The van der Waals surface area contributed by atoms with Crippen molar-refractivity contribution in [1.82, 2.24) is 14.9 Å². The minimum atomic E-state index is -3.16. The number of hydrogen-bond donors (Lipinski definition) is 2. The van der Waals surface area contributed by atoms with E-state index in [9.17, 15) is 8.42 Å². The highest BCUT2D eigenvalue weighted by molar-refractivity contribution is 7.89. The van der Waals surface area contributed by atoms with Crippen LogP contribution in [-0.2, 0) is 10.0 Å². The molecule has 1 unspecified atom stereocenters. The second kappa shape index (κ2) is 6.73. The zero-order valence-electron chi connectivity index (χ0n) is 12.8. The molecule has 2 rings (SSSR count). The van der Waals surface area contributed by atoms with Crippen LogP contribution in [0.2, 0.25) is 0 Å². The number of rotatable bonds is 5. The Morgan fingerprint density at radius 2 is 1.95 bits per heavy atom. The zero-order valence-corrected chi connectivity index (χ0v) is 13.6. The van der Waals surface area contributed by atoms with Crippen molar-refractivity contribution in [2.75, 3.05) is 38.5 Å². The Labute approximate surface area is 123 Å². The molecule has 6 heteroatoms. The van der Waals surface area contributed by atoms with E-state index in [0.29, 0.717) is 6.54 Å². The smallest absolute Gasteiger partial charge is 0.213 e. The van der Waals surface area contributed by atoms with E-state index in [1.54, 1.807) is 0 Å². The molecule has 0 amide bonds. The second-order valence-electron chi connectivity index (χ2n) is 6.82. The van der Waals surface area contributed by atoms with E-state index in [1.165, 1.54) is 6.42 Å². The van der Waals surface area contributed by atoms with Gasteiger partial charge in [0.15, 0.2) is 0 Å². The lowest BCUT2D eigenvalue weighted by Crippen LogP contribution is -2.50. The van der Waals surface area contributed by atoms with Crippen molar-refractivity contribution in [3.63, 3.8) is 0 Å². The largest absolute Gasteiger partial charge is 0.314 e. The molecule has 1 heterocycles. The molecule has 1 atom stereocenters. The van der Waals surface area contributed by atoms with Gasteiger partial charge in [-0.3, -0.25) is 4.90 Å². The lowest BCUT2D eigenvalue weighted by Gasteiger charge is -2.39. The molecule has 2 N–H and O–H groups in total. The standard InChI is InChI=1S/C14H29N3O2S/c1-14(2)6-4-3-5-13(14)16-20(18,19)12-11-17-9-7-15-8-10-17/h13,15-16H,3-12H2,1-2H3. The molecule has 1 aliphatic heterocycles. The number of nitrogens with zero attached hydrogens (tertiary/aromatic N) is 1. The lowest BCUT2D eigenvalue weighted by atomic mass is 9.74. The fraction of sp³-hybridized carbons (Fsp3) is 1.00. The van der Waals surface area contributed by atoms with Crippen LogP contribution in [0.3, 0.4) is 0 Å². The maximum atomic E-state index is 12.3.